The summed E-state index contributed by atoms with van der Waals surface area (Å²) < 4.78 is 17.3. The number of nitrogens with zero attached hydrogens (tertiary/aromatic N) is 3. The summed E-state index contributed by atoms with van der Waals surface area (Å²) >= 11 is 7.35. The number of hydrogen-bond donors (Lipinski definition) is 0. The van der Waals surface area contributed by atoms with Crippen LogP contribution < -0.4 is 14.2 Å². The number of benzene rings is 1. The zero-order valence-corrected chi connectivity index (χ0v) is 15.2. The van der Waals surface area contributed by atoms with Crippen molar-refractivity contribution in [1.29, 1.82) is 0 Å². The minimum Gasteiger partial charge on any atom is -0.493 e. The number of rotatable bonds is 6. The van der Waals surface area contributed by atoms with Gasteiger partial charge in [0, 0.05) is 0 Å². The first-order valence-electron chi connectivity index (χ1n) is 7.09. The van der Waals surface area contributed by atoms with Crippen molar-refractivity contribution >= 4 is 39.8 Å². The molecule has 0 radical (unpaired) electrons. The SMILES string of the molecule is COc1cc(/C=C/C(=O)c2c(Cl)nc3scnn23)cc(OC)c1OC. The van der Waals surface area contributed by atoms with Gasteiger partial charge in [-0.2, -0.15) is 9.61 Å². The zero-order valence-electron chi connectivity index (χ0n) is 13.6. The largest absolute Gasteiger partial charge is 0.493 e. The van der Waals surface area contributed by atoms with E-state index in [0.29, 0.717) is 27.8 Å². The molecule has 25 heavy (non-hydrogen) atoms. The molecule has 7 nitrogen and oxygen atoms in total. The molecule has 0 spiro atoms. The van der Waals surface area contributed by atoms with E-state index in [1.54, 1.807) is 23.7 Å². The van der Waals surface area contributed by atoms with E-state index in [2.05, 4.69) is 10.1 Å². The smallest absolute Gasteiger partial charge is 0.214 e. The van der Waals surface area contributed by atoms with E-state index in [1.807, 2.05) is 0 Å². The fourth-order valence-corrected chi connectivity index (χ4v) is 3.24. The molecule has 0 saturated carbocycles. The molecule has 0 bridgehead atoms. The van der Waals surface area contributed by atoms with Crippen LogP contribution in [0.3, 0.4) is 0 Å². The quantitative estimate of drug-likeness (QED) is 0.483. The molecular formula is C16H14ClN3O4S. The van der Waals surface area contributed by atoms with Gasteiger partial charge < -0.3 is 14.2 Å². The molecule has 9 heteroatoms. The van der Waals surface area contributed by atoms with E-state index in [4.69, 9.17) is 25.8 Å². The van der Waals surface area contributed by atoms with Crippen molar-refractivity contribution in [2.75, 3.05) is 21.3 Å². The number of carbonyl (C=O) groups excluding carboxylic acids is 1. The summed E-state index contributed by atoms with van der Waals surface area (Å²) in [7, 11) is 4.59. The van der Waals surface area contributed by atoms with Crippen LogP contribution in [0.15, 0.2) is 23.7 Å². The van der Waals surface area contributed by atoms with Gasteiger partial charge in [0.2, 0.25) is 16.5 Å². The van der Waals surface area contributed by atoms with Crippen LogP contribution in [0.4, 0.5) is 0 Å². The van der Waals surface area contributed by atoms with Crippen LogP contribution in [0.1, 0.15) is 16.1 Å². The number of ketones is 1. The van der Waals surface area contributed by atoms with Crippen LogP contribution in [0, 0.1) is 0 Å². The molecule has 0 fully saturated rings. The zero-order chi connectivity index (χ0) is 18.0. The van der Waals surface area contributed by atoms with Crippen LogP contribution in [-0.2, 0) is 0 Å². The van der Waals surface area contributed by atoms with Crippen molar-refractivity contribution in [1.82, 2.24) is 14.6 Å². The first-order chi connectivity index (χ1) is 12.1. The molecular weight excluding hydrogens is 366 g/mol. The first kappa shape index (κ1) is 17.2. The van der Waals surface area contributed by atoms with Gasteiger partial charge in [-0.3, -0.25) is 4.79 Å². The summed E-state index contributed by atoms with van der Waals surface area (Å²) in [5, 5.41) is 4.19. The van der Waals surface area contributed by atoms with Crippen molar-refractivity contribution in [2.24, 2.45) is 0 Å². The molecule has 2 heterocycles. The topological polar surface area (TPSA) is 75.0 Å². The van der Waals surface area contributed by atoms with E-state index in [-0.39, 0.29) is 16.6 Å². The Morgan fingerprint density at radius 3 is 2.48 bits per heavy atom. The molecule has 130 valence electrons. The molecule has 0 amide bonds. The third-order valence-electron chi connectivity index (χ3n) is 3.45. The van der Waals surface area contributed by atoms with Gasteiger partial charge in [0.05, 0.1) is 21.3 Å². The summed E-state index contributed by atoms with van der Waals surface area (Å²) in [4.78, 5) is 17.2. The lowest BCUT2D eigenvalue weighted by Gasteiger charge is -2.12. The Morgan fingerprint density at radius 1 is 1.20 bits per heavy atom. The Kier molecular flexibility index (Phi) is 4.91. The number of ether oxygens (including phenoxy) is 3. The number of aromatic nitrogens is 3. The van der Waals surface area contributed by atoms with Crippen LogP contribution in [-0.4, -0.2) is 41.7 Å². The third kappa shape index (κ3) is 3.18. The highest BCUT2D eigenvalue weighted by Crippen LogP contribution is 2.38. The molecule has 0 atom stereocenters. The minimum absolute atomic E-state index is 0.124. The van der Waals surface area contributed by atoms with Crippen molar-refractivity contribution in [3.05, 3.63) is 40.1 Å². The molecule has 0 unspecified atom stereocenters. The maximum Gasteiger partial charge on any atom is 0.214 e. The van der Waals surface area contributed by atoms with Gasteiger partial charge in [0.25, 0.3) is 0 Å². The maximum atomic E-state index is 12.5. The van der Waals surface area contributed by atoms with E-state index in [9.17, 15) is 4.79 Å². The van der Waals surface area contributed by atoms with E-state index >= 15 is 0 Å². The average molecular weight is 380 g/mol. The Labute approximate surface area is 152 Å². The van der Waals surface area contributed by atoms with Crippen LogP contribution in [0.25, 0.3) is 11.0 Å². The van der Waals surface area contributed by atoms with Gasteiger partial charge in [0.15, 0.2) is 22.3 Å². The fourth-order valence-electron chi connectivity index (χ4n) is 2.32. The molecule has 0 aliphatic carbocycles. The standard InChI is InChI=1S/C16H14ClN3O4S/c1-22-11-6-9(7-12(23-2)14(11)24-3)4-5-10(21)13-15(17)19-16-20(13)18-8-25-16/h4-8H,1-3H3/b5-4+. The van der Waals surface area contributed by atoms with Gasteiger partial charge in [-0.1, -0.05) is 29.0 Å². The first-order valence-corrected chi connectivity index (χ1v) is 8.35. The monoisotopic (exact) mass is 379 g/mol. The normalized spacial score (nSPS) is 11.2. The molecule has 0 aliphatic rings. The summed E-state index contributed by atoms with van der Waals surface area (Å²) in [5.41, 5.74) is 2.53. The lowest BCUT2D eigenvalue weighted by Crippen LogP contribution is -2.01. The molecule has 3 rings (SSSR count). The lowest BCUT2D eigenvalue weighted by atomic mass is 10.1. The Hall–Kier alpha value is -2.58. The number of hydrogen-bond acceptors (Lipinski definition) is 7. The molecule has 2 aromatic heterocycles. The van der Waals surface area contributed by atoms with Crippen molar-refractivity contribution in [3.8, 4) is 17.2 Å². The maximum absolute atomic E-state index is 12.5. The number of imidazole rings is 1. The third-order valence-corrected chi connectivity index (χ3v) is 4.39. The molecule has 0 aliphatic heterocycles. The summed E-state index contributed by atoms with van der Waals surface area (Å²) in [6, 6.07) is 3.48. The number of carbonyl (C=O) groups is 1. The molecule has 0 saturated heterocycles. The van der Waals surface area contributed by atoms with Crippen molar-refractivity contribution < 1.29 is 19.0 Å². The molecule has 1 aromatic carbocycles. The number of halogens is 1. The summed E-state index contributed by atoms with van der Waals surface area (Å²) in [6.07, 6.45) is 3.03. The van der Waals surface area contributed by atoms with Gasteiger partial charge in [-0.15, -0.1) is 0 Å². The summed E-state index contributed by atoms with van der Waals surface area (Å²) in [5.74, 6) is 1.17. The van der Waals surface area contributed by atoms with E-state index in [1.165, 1.54) is 43.3 Å². The predicted octanol–water partition coefficient (Wildman–Crippen LogP) is 3.37. The highest BCUT2D eigenvalue weighted by Gasteiger charge is 2.18. The Morgan fingerprint density at radius 2 is 1.88 bits per heavy atom. The van der Waals surface area contributed by atoms with Gasteiger partial charge in [-0.05, 0) is 23.8 Å². The number of allylic oxidation sites excluding steroid dienone is 1. The molecule has 0 N–H and O–H groups in total. The second kappa shape index (κ2) is 7.12. The van der Waals surface area contributed by atoms with Gasteiger partial charge in [-0.25, -0.2) is 4.98 Å². The predicted molar refractivity (Wildman–Crippen MR) is 95.3 cm³/mol. The second-order valence-corrected chi connectivity index (χ2v) is 6.01. The van der Waals surface area contributed by atoms with E-state index in [0.717, 1.165) is 0 Å². The average Bonchev–Trinajstić information content (AvgIpc) is 3.18. The van der Waals surface area contributed by atoms with Crippen LogP contribution in [0.2, 0.25) is 5.15 Å². The number of fused-ring (bicyclic) bond motifs is 1. The van der Waals surface area contributed by atoms with Crippen molar-refractivity contribution in [2.45, 2.75) is 0 Å². The van der Waals surface area contributed by atoms with Crippen molar-refractivity contribution in [3.63, 3.8) is 0 Å². The fraction of sp³-hybridized carbons (Fsp3) is 0.188. The Balaban J connectivity index is 1.95. The van der Waals surface area contributed by atoms with Crippen LogP contribution in [0.5, 0.6) is 17.2 Å². The molecule has 3 aromatic rings. The van der Waals surface area contributed by atoms with Crippen LogP contribution >= 0.6 is 22.9 Å². The van der Waals surface area contributed by atoms with Gasteiger partial charge in [0.1, 0.15) is 5.51 Å². The van der Waals surface area contributed by atoms with Gasteiger partial charge >= 0.3 is 0 Å². The highest BCUT2D eigenvalue weighted by atomic mass is 35.5. The second-order valence-electron chi connectivity index (χ2n) is 4.84. The lowest BCUT2D eigenvalue weighted by molar-refractivity contribution is 0.104. The highest BCUT2D eigenvalue weighted by molar-refractivity contribution is 7.14. The minimum atomic E-state index is -0.308. The Bertz CT molecular complexity index is 939. The number of methoxy groups -OCH3 is 3. The van der Waals surface area contributed by atoms with E-state index < -0.39 is 0 Å². The summed E-state index contributed by atoms with van der Waals surface area (Å²) in [6.45, 7) is 0.